The molecule has 10 heteroatoms. The van der Waals surface area contributed by atoms with Gasteiger partial charge in [-0.1, -0.05) is 54.6 Å². The third-order valence-corrected chi connectivity index (χ3v) is 6.92. The average Bonchev–Trinajstić information content (AvgIpc) is 3.48. The first-order valence-electron chi connectivity index (χ1n) is 14.0. The van der Waals surface area contributed by atoms with Crippen molar-refractivity contribution in [2.75, 3.05) is 53.4 Å². The van der Waals surface area contributed by atoms with Crippen LogP contribution in [0.4, 0.5) is 4.79 Å². The van der Waals surface area contributed by atoms with Gasteiger partial charge in [0.05, 0.1) is 40.0 Å². The third-order valence-electron chi connectivity index (χ3n) is 6.92. The van der Waals surface area contributed by atoms with E-state index in [0.29, 0.717) is 38.5 Å². The molecule has 1 heterocycles. The molecule has 1 aliphatic rings. The minimum atomic E-state index is -1.08. The first kappa shape index (κ1) is 30.7. The Hall–Kier alpha value is -4.28. The number of carbonyl (C=O) groups is 2. The number of ether oxygens (including phenoxy) is 5. The molecule has 0 fully saturated rings. The highest BCUT2D eigenvalue weighted by molar-refractivity contribution is 5.76. The van der Waals surface area contributed by atoms with E-state index >= 15 is 0 Å². The molecular formula is C32H38N2O8. The topological polar surface area (TPSA) is 116 Å². The Morgan fingerprint density at radius 2 is 1.67 bits per heavy atom. The Labute approximate surface area is 246 Å². The van der Waals surface area contributed by atoms with Crippen molar-refractivity contribution in [3.05, 3.63) is 89.5 Å². The molecule has 0 bridgehead atoms. The molecule has 3 aromatic rings. The fourth-order valence-electron chi connectivity index (χ4n) is 4.84. The summed E-state index contributed by atoms with van der Waals surface area (Å²) in [5, 5.41) is 10.8. The van der Waals surface area contributed by atoms with Crippen molar-refractivity contribution in [1.29, 1.82) is 0 Å². The quantitative estimate of drug-likeness (QED) is 0.222. The summed E-state index contributed by atoms with van der Waals surface area (Å²) in [7, 11) is 1.67. The van der Waals surface area contributed by atoms with Crippen molar-refractivity contribution >= 4 is 12.0 Å². The molecule has 1 atom stereocenters. The van der Waals surface area contributed by atoms with Crippen LogP contribution in [0.5, 0.6) is 17.2 Å². The summed E-state index contributed by atoms with van der Waals surface area (Å²) in [5.74, 6) is 2.17. The molecule has 1 aliphatic heterocycles. The number of benzene rings is 3. The number of nitrogens with one attached hydrogen (secondary N) is 1. The molecule has 0 radical (unpaired) electrons. The lowest BCUT2D eigenvalue weighted by Crippen LogP contribution is -2.33. The van der Waals surface area contributed by atoms with E-state index in [1.165, 1.54) is 0 Å². The van der Waals surface area contributed by atoms with E-state index in [0.717, 1.165) is 28.2 Å². The number of methoxy groups -OCH3 is 1. The number of carboxylic acid groups (broad SMARTS) is 1. The molecule has 2 amide bonds. The number of amides is 2. The number of fused-ring (bicyclic) bond motifs is 1. The van der Waals surface area contributed by atoms with Crippen LogP contribution in [0, 0.1) is 0 Å². The Kier molecular flexibility index (Phi) is 11.9. The van der Waals surface area contributed by atoms with E-state index in [1.54, 1.807) is 7.11 Å². The van der Waals surface area contributed by atoms with E-state index in [9.17, 15) is 9.59 Å². The lowest BCUT2D eigenvalue weighted by atomic mass is 9.87. The summed E-state index contributed by atoms with van der Waals surface area (Å²) < 4.78 is 27.9. The van der Waals surface area contributed by atoms with Gasteiger partial charge < -0.3 is 39.0 Å². The lowest BCUT2D eigenvalue weighted by Gasteiger charge is -2.27. The van der Waals surface area contributed by atoms with Crippen LogP contribution in [0.25, 0.3) is 0 Å². The van der Waals surface area contributed by atoms with Crippen LogP contribution in [0.2, 0.25) is 0 Å². The first-order valence-corrected chi connectivity index (χ1v) is 14.0. The highest BCUT2D eigenvalue weighted by Gasteiger charge is 2.24. The van der Waals surface area contributed by atoms with Crippen LogP contribution in [0.1, 0.15) is 35.4 Å². The molecule has 0 spiro atoms. The van der Waals surface area contributed by atoms with Gasteiger partial charge >= 0.3 is 6.09 Å². The monoisotopic (exact) mass is 578 g/mol. The molecule has 4 rings (SSSR count). The summed E-state index contributed by atoms with van der Waals surface area (Å²) in [6, 6.07) is 23.9. The highest BCUT2D eigenvalue weighted by Crippen LogP contribution is 2.40. The number of nitrogens with zero attached hydrogens (tertiary/aromatic N) is 1. The summed E-state index contributed by atoms with van der Waals surface area (Å²) in [6.07, 6.45) is -0.187. The molecule has 0 aromatic heterocycles. The summed E-state index contributed by atoms with van der Waals surface area (Å²) in [6.45, 7) is 2.58. The molecule has 0 saturated heterocycles. The number of hydrogen-bond acceptors (Lipinski definition) is 7. The maximum atomic E-state index is 13.4. The second-order valence-corrected chi connectivity index (χ2v) is 9.70. The van der Waals surface area contributed by atoms with Gasteiger partial charge in [0, 0.05) is 31.1 Å². The van der Waals surface area contributed by atoms with Crippen molar-refractivity contribution in [3.8, 4) is 17.2 Å². The normalized spacial score (nSPS) is 12.5. The van der Waals surface area contributed by atoms with Crippen LogP contribution in [-0.2, 0) is 20.8 Å². The number of carbonyl (C=O) groups excluding carboxylic acids is 1. The Bertz CT molecular complexity index is 1290. The molecule has 3 aromatic carbocycles. The Balaban J connectivity index is 1.41. The first-order chi connectivity index (χ1) is 20.5. The van der Waals surface area contributed by atoms with E-state index in [4.69, 9.17) is 28.8 Å². The minimum absolute atomic E-state index is 0.00473. The lowest BCUT2D eigenvalue weighted by molar-refractivity contribution is -0.133. The molecule has 0 aliphatic carbocycles. The Morgan fingerprint density at radius 1 is 0.929 bits per heavy atom. The van der Waals surface area contributed by atoms with Crippen molar-refractivity contribution in [2.24, 2.45) is 0 Å². The van der Waals surface area contributed by atoms with Crippen LogP contribution in [0.3, 0.4) is 0 Å². The maximum Gasteiger partial charge on any atom is 0.404 e. The predicted molar refractivity (Wildman–Crippen MR) is 156 cm³/mol. The fraction of sp³-hybridized carbons (Fsp3) is 0.375. The average molecular weight is 579 g/mol. The van der Waals surface area contributed by atoms with Crippen molar-refractivity contribution in [2.45, 2.75) is 25.3 Å². The fourth-order valence-corrected chi connectivity index (χ4v) is 4.84. The van der Waals surface area contributed by atoms with Crippen LogP contribution >= 0.6 is 0 Å². The highest BCUT2D eigenvalue weighted by atomic mass is 16.7. The van der Waals surface area contributed by atoms with Gasteiger partial charge in [-0.25, -0.2) is 4.79 Å². The number of rotatable bonds is 17. The second kappa shape index (κ2) is 16.2. The zero-order valence-corrected chi connectivity index (χ0v) is 23.8. The van der Waals surface area contributed by atoms with E-state index < -0.39 is 6.09 Å². The summed E-state index contributed by atoms with van der Waals surface area (Å²) in [5.41, 5.74) is 3.14. The van der Waals surface area contributed by atoms with Gasteiger partial charge in [0.25, 0.3) is 0 Å². The van der Waals surface area contributed by atoms with Crippen LogP contribution < -0.4 is 19.5 Å². The smallest absolute Gasteiger partial charge is 0.404 e. The van der Waals surface area contributed by atoms with Gasteiger partial charge in [-0.05, 0) is 35.7 Å². The molecular weight excluding hydrogens is 540 g/mol. The molecule has 10 nitrogen and oxygen atoms in total. The molecule has 224 valence electrons. The molecule has 1 unspecified atom stereocenters. The van der Waals surface area contributed by atoms with Gasteiger partial charge in [0.15, 0.2) is 11.5 Å². The summed E-state index contributed by atoms with van der Waals surface area (Å²) in [4.78, 5) is 25.8. The molecule has 2 N–H and O–H groups in total. The van der Waals surface area contributed by atoms with Gasteiger partial charge in [-0.3, -0.25) is 4.79 Å². The van der Waals surface area contributed by atoms with Gasteiger partial charge in [-0.15, -0.1) is 0 Å². The molecule has 0 saturated carbocycles. The standard InChI is InChI=1S/C32H38N2O8/c1-38-28-10-6-5-9-27(28)26(25-11-12-29-30(21-25)42-23-41-29)13-16-34(22-24-7-3-2-4-8-24)31(35)14-17-39-19-20-40-18-15-33-32(36)37/h2-12,21,26,33H,13-20,22-23H2,1H3,(H,36,37). The SMILES string of the molecule is COc1ccccc1C(CCN(Cc1ccccc1)C(=O)CCOCCOCCNC(=O)O)c1ccc2c(c1)OCO2. The zero-order chi connectivity index (χ0) is 29.6. The van der Waals surface area contributed by atoms with Crippen molar-refractivity contribution < 1.29 is 38.4 Å². The van der Waals surface area contributed by atoms with E-state index in [2.05, 4.69) is 11.4 Å². The van der Waals surface area contributed by atoms with Crippen LogP contribution in [-0.4, -0.2) is 75.4 Å². The maximum absolute atomic E-state index is 13.4. The van der Waals surface area contributed by atoms with Crippen molar-refractivity contribution in [3.63, 3.8) is 0 Å². The second-order valence-electron chi connectivity index (χ2n) is 9.70. The van der Waals surface area contributed by atoms with E-state index in [-0.39, 0.29) is 44.8 Å². The van der Waals surface area contributed by atoms with Gasteiger partial charge in [-0.2, -0.15) is 0 Å². The number of hydrogen-bond donors (Lipinski definition) is 2. The number of para-hydroxylation sites is 1. The minimum Gasteiger partial charge on any atom is -0.496 e. The zero-order valence-electron chi connectivity index (χ0n) is 23.8. The van der Waals surface area contributed by atoms with Crippen molar-refractivity contribution in [1.82, 2.24) is 10.2 Å². The third kappa shape index (κ3) is 9.12. The van der Waals surface area contributed by atoms with E-state index in [1.807, 2.05) is 71.6 Å². The van der Waals surface area contributed by atoms with Gasteiger partial charge in [0.2, 0.25) is 12.7 Å². The predicted octanol–water partition coefficient (Wildman–Crippen LogP) is 4.67. The summed E-state index contributed by atoms with van der Waals surface area (Å²) >= 11 is 0. The molecule has 42 heavy (non-hydrogen) atoms. The largest absolute Gasteiger partial charge is 0.496 e. The van der Waals surface area contributed by atoms with Crippen LogP contribution in [0.15, 0.2) is 72.8 Å². The Morgan fingerprint density at radius 3 is 2.45 bits per heavy atom. The van der Waals surface area contributed by atoms with Gasteiger partial charge in [0.1, 0.15) is 5.75 Å².